The van der Waals surface area contributed by atoms with Crippen LogP contribution in [0.1, 0.15) is 39.9 Å². The first-order chi connectivity index (χ1) is 11.7. The van der Waals surface area contributed by atoms with Crippen LogP contribution in [0.3, 0.4) is 0 Å². The van der Waals surface area contributed by atoms with Crippen LogP contribution in [-0.4, -0.2) is 13.1 Å². The monoisotopic (exact) mass is 320 g/mol. The lowest BCUT2D eigenvalue weighted by molar-refractivity contribution is -0.255. The highest BCUT2D eigenvalue weighted by atomic mass is 16.5. The third-order valence-electron chi connectivity index (χ3n) is 5.08. The minimum absolute atomic E-state index is 0.154. The van der Waals surface area contributed by atoms with Crippen molar-refractivity contribution < 1.29 is 14.6 Å². The van der Waals surface area contributed by atoms with Gasteiger partial charge in [0.25, 0.3) is 0 Å². The van der Waals surface area contributed by atoms with E-state index in [1.165, 1.54) is 5.56 Å². The van der Waals surface area contributed by atoms with Crippen molar-refractivity contribution in [1.29, 1.82) is 0 Å². The van der Waals surface area contributed by atoms with E-state index in [0.29, 0.717) is 11.8 Å². The zero-order chi connectivity index (χ0) is 16.7. The summed E-state index contributed by atoms with van der Waals surface area (Å²) in [6, 6.07) is 13.3. The maximum Gasteiger partial charge on any atom is 0.119 e. The third kappa shape index (κ3) is 2.35. The molecular weight excluding hydrogens is 302 g/mol. The van der Waals surface area contributed by atoms with Gasteiger partial charge in [0.15, 0.2) is 0 Å². The summed E-state index contributed by atoms with van der Waals surface area (Å²) in [5.74, 6) is 0.489. The van der Waals surface area contributed by atoms with Gasteiger partial charge in [-0.15, -0.1) is 0 Å². The molecule has 1 aliphatic carbocycles. The molecule has 0 amide bonds. The minimum Gasteiger partial charge on any atom is -0.545 e. The van der Waals surface area contributed by atoms with Gasteiger partial charge in [0.1, 0.15) is 5.75 Å². The van der Waals surface area contributed by atoms with E-state index >= 15 is 0 Å². The Morgan fingerprint density at radius 2 is 2.00 bits per heavy atom. The summed E-state index contributed by atoms with van der Waals surface area (Å²) in [6.45, 7) is 0. The summed E-state index contributed by atoms with van der Waals surface area (Å²) in [7, 11) is 1.68. The maximum absolute atomic E-state index is 10.9. The number of allylic oxidation sites excluding steroid dienone is 2. The van der Waals surface area contributed by atoms with Crippen molar-refractivity contribution in [2.75, 3.05) is 12.4 Å². The number of carboxylic acids is 1. The van der Waals surface area contributed by atoms with Crippen LogP contribution in [0.2, 0.25) is 0 Å². The van der Waals surface area contributed by atoms with Crippen LogP contribution in [0.25, 0.3) is 0 Å². The lowest BCUT2D eigenvalue weighted by atomic mass is 9.77. The number of nitrogens with one attached hydrogen (secondary N) is 1. The highest BCUT2D eigenvalue weighted by Crippen LogP contribution is 2.50. The van der Waals surface area contributed by atoms with Gasteiger partial charge < -0.3 is 20.0 Å². The molecule has 0 radical (unpaired) electrons. The van der Waals surface area contributed by atoms with E-state index in [0.717, 1.165) is 23.4 Å². The van der Waals surface area contributed by atoms with Crippen LogP contribution in [-0.2, 0) is 0 Å². The molecular formula is C20H18NO3-. The van der Waals surface area contributed by atoms with Gasteiger partial charge in [0.05, 0.1) is 19.1 Å². The van der Waals surface area contributed by atoms with Crippen LogP contribution >= 0.6 is 0 Å². The van der Waals surface area contributed by atoms with Gasteiger partial charge in [-0.1, -0.05) is 36.4 Å². The van der Waals surface area contributed by atoms with Gasteiger partial charge in [-0.25, -0.2) is 0 Å². The molecule has 0 unspecified atom stereocenters. The van der Waals surface area contributed by atoms with Crippen molar-refractivity contribution in [2.45, 2.75) is 18.4 Å². The Balaban J connectivity index is 1.71. The molecule has 122 valence electrons. The van der Waals surface area contributed by atoms with Gasteiger partial charge in [0.2, 0.25) is 0 Å². The Hall–Kier alpha value is -2.75. The molecule has 0 aromatic heterocycles. The normalized spacial score (nSPS) is 24.0. The Morgan fingerprint density at radius 3 is 2.71 bits per heavy atom. The van der Waals surface area contributed by atoms with Crippen LogP contribution in [0.5, 0.6) is 5.75 Å². The molecule has 0 fully saturated rings. The number of carbonyl (C=O) groups is 1. The molecule has 2 aromatic rings. The number of carboxylic acid groups (broad SMARTS) is 1. The molecule has 1 aliphatic heterocycles. The number of hydrogen-bond donors (Lipinski definition) is 1. The standard InChI is InChI=1S/C20H19NO3/c1-24-14-9-10-18-17(11-14)15-3-2-4-16(15)19(21-18)12-5-7-13(8-6-12)20(22)23/h2-3,5-11,15-16,19,21H,4H2,1H3,(H,22,23)/p-1/t15-,16-,19+/m1/s1. The van der Waals surface area contributed by atoms with Crippen molar-refractivity contribution in [2.24, 2.45) is 5.92 Å². The van der Waals surface area contributed by atoms with Gasteiger partial charge in [0, 0.05) is 11.6 Å². The summed E-state index contributed by atoms with van der Waals surface area (Å²) in [5.41, 5.74) is 3.68. The lowest BCUT2D eigenvalue weighted by Crippen LogP contribution is -2.29. The number of benzene rings is 2. The third-order valence-corrected chi connectivity index (χ3v) is 5.08. The minimum atomic E-state index is -1.14. The van der Waals surface area contributed by atoms with E-state index in [4.69, 9.17) is 4.74 Å². The smallest absolute Gasteiger partial charge is 0.119 e. The van der Waals surface area contributed by atoms with Gasteiger partial charge in [-0.2, -0.15) is 0 Å². The number of rotatable bonds is 3. The number of anilines is 1. The Kier molecular flexibility index (Phi) is 3.53. The zero-order valence-electron chi connectivity index (χ0n) is 13.4. The van der Waals surface area contributed by atoms with E-state index in [1.54, 1.807) is 19.2 Å². The van der Waals surface area contributed by atoms with Crippen LogP contribution < -0.4 is 15.2 Å². The molecule has 24 heavy (non-hydrogen) atoms. The molecule has 0 bridgehead atoms. The van der Waals surface area contributed by atoms with Crippen molar-refractivity contribution in [3.05, 3.63) is 71.3 Å². The maximum atomic E-state index is 10.9. The number of hydrogen-bond acceptors (Lipinski definition) is 4. The Labute approximate surface area is 140 Å². The molecule has 1 N–H and O–H groups in total. The SMILES string of the molecule is COc1ccc2c(c1)[C@@H]1C=CC[C@H]1[C@H](c1ccc(C(=O)[O-])cc1)N2. The quantitative estimate of drug-likeness (QED) is 0.883. The number of methoxy groups -OCH3 is 1. The van der Waals surface area contributed by atoms with Crippen molar-refractivity contribution in [1.82, 2.24) is 0 Å². The molecule has 2 aliphatic rings. The topological polar surface area (TPSA) is 61.4 Å². The second-order valence-corrected chi connectivity index (χ2v) is 6.34. The fraction of sp³-hybridized carbons (Fsp3) is 0.250. The first-order valence-corrected chi connectivity index (χ1v) is 8.10. The van der Waals surface area contributed by atoms with E-state index in [-0.39, 0.29) is 11.6 Å². The molecule has 4 nitrogen and oxygen atoms in total. The summed E-state index contributed by atoms with van der Waals surface area (Å²) in [4.78, 5) is 10.9. The summed E-state index contributed by atoms with van der Waals surface area (Å²) >= 11 is 0. The number of fused-ring (bicyclic) bond motifs is 3. The molecule has 1 heterocycles. The largest absolute Gasteiger partial charge is 0.545 e. The van der Waals surface area contributed by atoms with Gasteiger partial charge >= 0.3 is 0 Å². The highest BCUT2D eigenvalue weighted by Gasteiger charge is 2.37. The van der Waals surface area contributed by atoms with E-state index in [1.807, 2.05) is 18.2 Å². The molecule has 4 heteroatoms. The van der Waals surface area contributed by atoms with Crippen LogP contribution in [0.4, 0.5) is 5.69 Å². The fourth-order valence-corrected chi connectivity index (χ4v) is 3.86. The zero-order valence-corrected chi connectivity index (χ0v) is 13.4. The van der Waals surface area contributed by atoms with Crippen LogP contribution in [0.15, 0.2) is 54.6 Å². The fourth-order valence-electron chi connectivity index (χ4n) is 3.86. The first kappa shape index (κ1) is 14.8. The molecule has 3 atom stereocenters. The number of ether oxygens (including phenoxy) is 1. The summed E-state index contributed by atoms with van der Waals surface area (Å²) < 4.78 is 5.36. The predicted molar refractivity (Wildman–Crippen MR) is 90.1 cm³/mol. The van der Waals surface area contributed by atoms with E-state index in [9.17, 15) is 9.90 Å². The Morgan fingerprint density at radius 1 is 1.21 bits per heavy atom. The van der Waals surface area contributed by atoms with Crippen LogP contribution in [0, 0.1) is 5.92 Å². The molecule has 0 saturated heterocycles. The highest BCUT2D eigenvalue weighted by molar-refractivity contribution is 5.85. The van der Waals surface area contributed by atoms with Gasteiger partial charge in [-0.05, 0) is 47.2 Å². The molecule has 4 rings (SSSR count). The summed E-state index contributed by atoms with van der Waals surface area (Å²) in [5, 5.41) is 14.6. The van der Waals surface area contributed by atoms with Crippen molar-refractivity contribution in [3.8, 4) is 5.75 Å². The lowest BCUT2D eigenvalue weighted by Gasteiger charge is -2.37. The van der Waals surface area contributed by atoms with Crippen molar-refractivity contribution >= 4 is 11.7 Å². The second kappa shape index (κ2) is 5.71. The average Bonchev–Trinajstić information content (AvgIpc) is 3.10. The predicted octanol–water partition coefficient (Wildman–Crippen LogP) is 2.89. The molecule has 2 aromatic carbocycles. The Bertz CT molecular complexity index is 810. The van der Waals surface area contributed by atoms with Gasteiger partial charge in [-0.3, -0.25) is 0 Å². The molecule has 0 saturated carbocycles. The second-order valence-electron chi connectivity index (χ2n) is 6.34. The number of aromatic carboxylic acids is 1. The summed E-state index contributed by atoms with van der Waals surface area (Å²) in [6.07, 6.45) is 5.50. The van der Waals surface area contributed by atoms with Crippen molar-refractivity contribution in [3.63, 3.8) is 0 Å². The first-order valence-electron chi connectivity index (χ1n) is 8.10. The average molecular weight is 320 g/mol. The van der Waals surface area contributed by atoms with E-state index in [2.05, 4.69) is 29.6 Å². The number of carbonyl (C=O) groups excluding carboxylic acids is 1. The molecule has 0 spiro atoms. The van der Waals surface area contributed by atoms with E-state index < -0.39 is 5.97 Å².